The number of halogens is 4. The van der Waals surface area contributed by atoms with Crippen LogP contribution in [0.1, 0.15) is 21.6 Å². The van der Waals surface area contributed by atoms with Crippen LogP contribution in [0, 0.1) is 11.3 Å². The fourth-order valence-electron chi connectivity index (χ4n) is 2.98. The average molecular weight is 490 g/mol. The van der Waals surface area contributed by atoms with Gasteiger partial charge in [-0.3, -0.25) is 4.79 Å². The van der Waals surface area contributed by atoms with Crippen molar-refractivity contribution in [3.05, 3.63) is 65.0 Å². The minimum atomic E-state index is -4.98. The number of aromatic nitrogens is 7. The van der Waals surface area contributed by atoms with Crippen LogP contribution in [0.2, 0.25) is 5.02 Å². The number of carbonyl (C=O) groups excluding carboxylic acids is 1. The summed E-state index contributed by atoms with van der Waals surface area (Å²) in [4.78, 5) is 21.7. The van der Waals surface area contributed by atoms with Gasteiger partial charge in [0.05, 0.1) is 48.8 Å². The lowest BCUT2D eigenvalue weighted by Gasteiger charge is -2.14. The summed E-state index contributed by atoms with van der Waals surface area (Å²) in [6, 6.07) is 4.29. The second-order valence-corrected chi connectivity index (χ2v) is 6.83. The number of nitriles is 1. The van der Waals surface area contributed by atoms with E-state index < -0.39 is 23.3 Å². The van der Waals surface area contributed by atoms with E-state index in [1.807, 2.05) is 6.07 Å². The molecule has 1 amide bonds. The Morgan fingerprint density at radius 2 is 1.91 bits per heavy atom. The number of anilines is 1. The molecule has 0 fully saturated rings. The number of rotatable bonds is 5. The van der Waals surface area contributed by atoms with Gasteiger partial charge >= 0.3 is 6.18 Å². The second kappa shape index (κ2) is 8.79. The lowest BCUT2D eigenvalue weighted by Crippen LogP contribution is -2.21. The van der Waals surface area contributed by atoms with Crippen LogP contribution in [0.15, 0.2) is 43.1 Å². The van der Waals surface area contributed by atoms with Gasteiger partial charge in [0, 0.05) is 6.20 Å². The van der Waals surface area contributed by atoms with E-state index in [9.17, 15) is 23.2 Å². The van der Waals surface area contributed by atoms with Gasteiger partial charge in [0.2, 0.25) is 5.88 Å². The first-order chi connectivity index (χ1) is 16.2. The third-order valence-corrected chi connectivity index (χ3v) is 4.75. The van der Waals surface area contributed by atoms with Gasteiger partial charge in [-0.2, -0.15) is 33.7 Å². The monoisotopic (exact) mass is 489 g/mol. The maximum Gasteiger partial charge on any atom is 0.434 e. The molecule has 0 aliphatic carbocycles. The molecule has 4 heterocycles. The number of amides is 1. The molecular formula is C19H11ClF3N9O2. The van der Waals surface area contributed by atoms with Gasteiger partial charge < -0.3 is 10.1 Å². The van der Waals surface area contributed by atoms with Crippen molar-refractivity contribution >= 4 is 23.2 Å². The van der Waals surface area contributed by atoms with E-state index in [-0.39, 0.29) is 33.7 Å². The SMILES string of the molecule is COc1nccc(-n2ncc(C(=O)Nc3cnc(-n4nccn4)c(C#N)c3)c2C(F)(F)F)c1Cl. The van der Waals surface area contributed by atoms with Crippen molar-refractivity contribution < 1.29 is 22.7 Å². The molecule has 4 aromatic rings. The van der Waals surface area contributed by atoms with Crippen molar-refractivity contribution in [1.82, 2.24) is 34.7 Å². The molecule has 15 heteroatoms. The largest absolute Gasteiger partial charge is 0.480 e. The molecule has 4 rings (SSSR count). The lowest BCUT2D eigenvalue weighted by atomic mass is 10.2. The van der Waals surface area contributed by atoms with Gasteiger partial charge in [-0.15, -0.1) is 4.80 Å². The highest BCUT2D eigenvalue weighted by Gasteiger charge is 2.41. The lowest BCUT2D eigenvalue weighted by molar-refractivity contribution is -0.143. The normalized spacial score (nSPS) is 11.2. The molecule has 0 aliphatic rings. The zero-order valence-corrected chi connectivity index (χ0v) is 17.7. The third kappa shape index (κ3) is 4.11. The number of methoxy groups -OCH3 is 1. The van der Waals surface area contributed by atoms with E-state index in [4.69, 9.17) is 16.3 Å². The summed E-state index contributed by atoms with van der Waals surface area (Å²) in [5.41, 5.74) is -2.38. The molecule has 0 saturated carbocycles. The minimum Gasteiger partial charge on any atom is -0.480 e. The average Bonchev–Trinajstić information content (AvgIpc) is 3.49. The fraction of sp³-hybridized carbons (Fsp3) is 0.105. The van der Waals surface area contributed by atoms with Crippen LogP contribution in [0.5, 0.6) is 5.88 Å². The van der Waals surface area contributed by atoms with Crippen LogP contribution in [0.3, 0.4) is 0 Å². The van der Waals surface area contributed by atoms with Gasteiger partial charge in [-0.05, 0) is 12.1 Å². The highest BCUT2D eigenvalue weighted by Crippen LogP contribution is 2.37. The zero-order valence-electron chi connectivity index (χ0n) is 16.9. The Hall–Kier alpha value is -4.51. The molecule has 34 heavy (non-hydrogen) atoms. The summed E-state index contributed by atoms with van der Waals surface area (Å²) in [6.45, 7) is 0. The predicted molar refractivity (Wildman–Crippen MR) is 110 cm³/mol. The van der Waals surface area contributed by atoms with E-state index in [0.717, 1.165) is 17.2 Å². The molecular weight excluding hydrogens is 479 g/mol. The van der Waals surface area contributed by atoms with Crippen LogP contribution >= 0.6 is 11.6 Å². The van der Waals surface area contributed by atoms with Crippen molar-refractivity contribution in [2.45, 2.75) is 6.18 Å². The number of alkyl halides is 3. The number of nitrogens with zero attached hydrogens (tertiary/aromatic N) is 8. The second-order valence-electron chi connectivity index (χ2n) is 6.45. The molecule has 4 aromatic heterocycles. The summed E-state index contributed by atoms with van der Waals surface area (Å²) < 4.78 is 47.3. The fourth-order valence-corrected chi connectivity index (χ4v) is 3.25. The zero-order chi connectivity index (χ0) is 24.5. The Morgan fingerprint density at radius 3 is 2.56 bits per heavy atom. The quantitative estimate of drug-likeness (QED) is 0.451. The Balaban J connectivity index is 1.72. The Bertz CT molecular complexity index is 1410. The predicted octanol–water partition coefficient (Wildman–Crippen LogP) is 3.05. The summed E-state index contributed by atoms with van der Waals surface area (Å²) >= 11 is 6.11. The molecule has 172 valence electrons. The van der Waals surface area contributed by atoms with Gasteiger partial charge in [0.15, 0.2) is 11.5 Å². The first-order valence-corrected chi connectivity index (χ1v) is 9.54. The Kier molecular flexibility index (Phi) is 5.86. The van der Waals surface area contributed by atoms with Crippen LogP contribution in [-0.4, -0.2) is 47.8 Å². The molecule has 1 N–H and O–H groups in total. The van der Waals surface area contributed by atoms with E-state index in [1.54, 1.807) is 0 Å². The van der Waals surface area contributed by atoms with Crippen molar-refractivity contribution in [1.29, 1.82) is 5.26 Å². The van der Waals surface area contributed by atoms with E-state index >= 15 is 0 Å². The number of pyridine rings is 2. The molecule has 0 unspecified atom stereocenters. The summed E-state index contributed by atoms with van der Waals surface area (Å²) in [6.07, 6.45) is 0.863. The highest BCUT2D eigenvalue weighted by atomic mass is 35.5. The van der Waals surface area contributed by atoms with E-state index in [2.05, 4.69) is 30.6 Å². The van der Waals surface area contributed by atoms with E-state index in [0.29, 0.717) is 4.68 Å². The van der Waals surface area contributed by atoms with Gasteiger partial charge in [-0.25, -0.2) is 14.6 Å². The van der Waals surface area contributed by atoms with Crippen LogP contribution in [0.4, 0.5) is 18.9 Å². The summed E-state index contributed by atoms with van der Waals surface area (Å²) in [5, 5.41) is 22.9. The molecule has 0 spiro atoms. The molecule has 0 bridgehead atoms. The Labute approximate surface area is 193 Å². The number of hydrogen-bond acceptors (Lipinski definition) is 8. The van der Waals surface area contributed by atoms with Crippen LogP contribution in [-0.2, 0) is 6.18 Å². The maximum atomic E-state index is 14.0. The van der Waals surface area contributed by atoms with Crippen molar-refractivity contribution in [3.8, 4) is 23.5 Å². The topological polar surface area (TPSA) is 136 Å². The third-order valence-electron chi connectivity index (χ3n) is 4.39. The number of nitrogens with one attached hydrogen (secondary N) is 1. The van der Waals surface area contributed by atoms with Crippen molar-refractivity contribution in [2.75, 3.05) is 12.4 Å². The first-order valence-electron chi connectivity index (χ1n) is 9.17. The van der Waals surface area contributed by atoms with Crippen LogP contribution in [0.25, 0.3) is 11.5 Å². The number of carbonyl (C=O) groups is 1. The van der Waals surface area contributed by atoms with Gasteiger partial charge in [0.1, 0.15) is 16.7 Å². The maximum absolute atomic E-state index is 14.0. The summed E-state index contributed by atoms with van der Waals surface area (Å²) in [5.74, 6) is -1.17. The first kappa shape index (κ1) is 22.7. The van der Waals surface area contributed by atoms with Crippen molar-refractivity contribution in [3.63, 3.8) is 0 Å². The molecule has 0 aliphatic heterocycles. The van der Waals surface area contributed by atoms with Gasteiger partial charge in [-0.1, -0.05) is 11.6 Å². The van der Waals surface area contributed by atoms with E-state index in [1.165, 1.54) is 37.8 Å². The molecule has 11 nitrogen and oxygen atoms in total. The Morgan fingerprint density at radius 1 is 1.18 bits per heavy atom. The highest BCUT2D eigenvalue weighted by molar-refractivity contribution is 6.33. The van der Waals surface area contributed by atoms with Crippen LogP contribution < -0.4 is 10.1 Å². The molecule has 0 aromatic carbocycles. The smallest absolute Gasteiger partial charge is 0.434 e. The molecule has 0 radical (unpaired) electrons. The van der Waals surface area contributed by atoms with Crippen molar-refractivity contribution in [2.24, 2.45) is 0 Å². The minimum absolute atomic E-state index is 0.0172. The van der Waals surface area contributed by atoms with Gasteiger partial charge in [0.25, 0.3) is 5.91 Å². The standard InChI is InChI=1S/C19H11ClF3N9O2/c1-34-18-14(20)13(2-3-25-18)31-15(19(21,22)23)12(9-29-31)17(33)30-11-6-10(7-24)16(26-8-11)32-27-4-5-28-32/h2-6,8-9H,1H3,(H,30,33). The molecule has 0 saturated heterocycles. The molecule has 0 atom stereocenters. The number of ether oxygens (including phenoxy) is 1. The summed E-state index contributed by atoms with van der Waals surface area (Å²) in [7, 11) is 1.25. The number of hydrogen-bond donors (Lipinski definition) is 1.